The molecule has 0 aliphatic rings. The van der Waals surface area contributed by atoms with Gasteiger partial charge in [-0.1, -0.05) is 0 Å². The molecule has 0 radical (unpaired) electrons. The Morgan fingerprint density at radius 2 is 1.58 bits per heavy atom. The number of nitrogens with two attached hydrogens (primary N) is 2. The number of thioether (sulfide) groups is 1. The van der Waals surface area contributed by atoms with Crippen molar-refractivity contribution in [3.05, 3.63) is 0 Å². The van der Waals surface area contributed by atoms with Gasteiger partial charge in [0.2, 0.25) is 17.7 Å². The van der Waals surface area contributed by atoms with E-state index >= 15 is 0 Å². The minimum absolute atomic E-state index is 0.156. The lowest BCUT2D eigenvalue weighted by Gasteiger charge is -2.22. The molecule has 3 atom stereocenters. The van der Waals surface area contributed by atoms with E-state index < -0.39 is 60.6 Å². The molecule has 0 rings (SSSR count). The second-order valence-electron chi connectivity index (χ2n) is 5.45. The highest BCUT2D eigenvalue weighted by Gasteiger charge is 2.28. The van der Waals surface area contributed by atoms with Gasteiger partial charge >= 0.3 is 11.9 Å². The number of carboxylic acids is 2. The number of hydrogen-bond donors (Lipinski definition) is 6. The zero-order valence-electron chi connectivity index (χ0n) is 14.3. The molecule has 0 saturated heterocycles. The third-order valence-electron chi connectivity index (χ3n) is 3.26. The maximum absolute atomic E-state index is 12.3. The summed E-state index contributed by atoms with van der Waals surface area (Å²) in [6, 6.07) is -3.80. The van der Waals surface area contributed by atoms with E-state index in [1.54, 1.807) is 6.26 Å². The maximum atomic E-state index is 12.3. The van der Waals surface area contributed by atoms with Crippen molar-refractivity contribution in [3.8, 4) is 0 Å². The Labute approximate surface area is 154 Å². The lowest BCUT2D eigenvalue weighted by Crippen LogP contribution is -2.55. The van der Waals surface area contributed by atoms with Crippen LogP contribution in [0, 0.1) is 0 Å². The van der Waals surface area contributed by atoms with Gasteiger partial charge in [-0.3, -0.25) is 19.2 Å². The average molecular weight is 392 g/mol. The molecule has 12 heteroatoms. The first-order valence-corrected chi connectivity index (χ1v) is 9.06. The summed E-state index contributed by atoms with van der Waals surface area (Å²) in [4.78, 5) is 57.0. The fraction of sp³-hybridized carbons (Fsp3) is 0.643. The van der Waals surface area contributed by atoms with Gasteiger partial charge < -0.3 is 32.3 Å². The van der Waals surface area contributed by atoms with Gasteiger partial charge in [0, 0.05) is 6.42 Å². The lowest BCUT2D eigenvalue weighted by atomic mass is 10.1. The summed E-state index contributed by atoms with van der Waals surface area (Å²) >= 11 is 1.39. The Kier molecular flexibility index (Phi) is 11.0. The van der Waals surface area contributed by atoms with Crippen LogP contribution in [0.2, 0.25) is 0 Å². The average Bonchev–Trinajstić information content (AvgIpc) is 2.53. The predicted molar refractivity (Wildman–Crippen MR) is 93.2 cm³/mol. The van der Waals surface area contributed by atoms with Crippen molar-refractivity contribution < 1.29 is 34.2 Å². The van der Waals surface area contributed by atoms with E-state index in [0.29, 0.717) is 5.75 Å². The molecule has 11 nitrogen and oxygen atoms in total. The summed E-state index contributed by atoms with van der Waals surface area (Å²) in [6.45, 7) is 0. The molecular formula is C14H24N4O7S. The first-order chi connectivity index (χ1) is 12.1. The van der Waals surface area contributed by atoms with Gasteiger partial charge in [-0.2, -0.15) is 11.8 Å². The van der Waals surface area contributed by atoms with Crippen molar-refractivity contribution in [2.45, 2.75) is 43.8 Å². The van der Waals surface area contributed by atoms with Gasteiger partial charge in [0.1, 0.15) is 12.1 Å². The van der Waals surface area contributed by atoms with Gasteiger partial charge in [-0.05, 0) is 24.9 Å². The first kappa shape index (κ1) is 23.7. The molecule has 0 bridgehead atoms. The molecule has 8 N–H and O–H groups in total. The van der Waals surface area contributed by atoms with Gasteiger partial charge in [-0.25, -0.2) is 4.79 Å². The minimum atomic E-state index is -1.31. The molecule has 0 aliphatic heterocycles. The number of carbonyl (C=O) groups is 5. The molecule has 3 amide bonds. The zero-order valence-corrected chi connectivity index (χ0v) is 15.1. The van der Waals surface area contributed by atoms with Crippen LogP contribution in [0.15, 0.2) is 0 Å². The highest BCUT2D eigenvalue weighted by Crippen LogP contribution is 2.04. The van der Waals surface area contributed by atoms with Gasteiger partial charge in [0.05, 0.1) is 12.5 Å². The van der Waals surface area contributed by atoms with Crippen LogP contribution < -0.4 is 22.1 Å². The minimum Gasteiger partial charge on any atom is -0.481 e. The molecule has 0 aromatic heterocycles. The first-order valence-electron chi connectivity index (χ1n) is 7.66. The quantitative estimate of drug-likeness (QED) is 0.202. The summed E-state index contributed by atoms with van der Waals surface area (Å²) in [5, 5.41) is 22.4. The predicted octanol–water partition coefficient (Wildman–Crippen LogP) is -2.14. The van der Waals surface area contributed by atoms with Crippen LogP contribution in [0.5, 0.6) is 0 Å². The normalized spacial score (nSPS) is 13.9. The molecule has 0 saturated carbocycles. The lowest BCUT2D eigenvalue weighted by molar-refractivity contribution is -0.143. The Balaban J connectivity index is 5.05. The SMILES string of the molecule is CSCC[C@H](NC(=O)[C@H](CCC(=O)O)NC(=O)[C@@H](N)CC(N)=O)C(=O)O. The molecule has 26 heavy (non-hydrogen) atoms. The van der Waals surface area contributed by atoms with E-state index in [4.69, 9.17) is 21.7 Å². The molecule has 0 aromatic rings. The van der Waals surface area contributed by atoms with Gasteiger partial charge in [0.15, 0.2) is 0 Å². The van der Waals surface area contributed by atoms with Crippen LogP contribution in [-0.4, -0.2) is 70.0 Å². The molecule has 0 unspecified atom stereocenters. The standard InChI is InChI=1S/C14H24N4O7S/c1-26-5-4-9(14(24)25)18-13(23)8(2-3-11(20)21)17-12(22)7(15)6-10(16)19/h7-9H,2-6,15H2,1H3,(H2,16,19)(H,17,22)(H,18,23)(H,20,21)(H,24,25)/t7-,8-,9-/m0/s1. The number of aliphatic carboxylic acids is 2. The van der Waals surface area contributed by atoms with Crippen LogP contribution in [-0.2, 0) is 24.0 Å². The Bertz CT molecular complexity index is 543. The van der Waals surface area contributed by atoms with Gasteiger partial charge in [0.25, 0.3) is 0 Å². The maximum Gasteiger partial charge on any atom is 0.326 e. The van der Waals surface area contributed by atoms with Crippen LogP contribution >= 0.6 is 11.8 Å². The van der Waals surface area contributed by atoms with E-state index in [-0.39, 0.29) is 12.8 Å². The number of carbonyl (C=O) groups excluding carboxylic acids is 3. The van der Waals surface area contributed by atoms with Crippen molar-refractivity contribution >= 4 is 41.4 Å². The highest BCUT2D eigenvalue weighted by molar-refractivity contribution is 7.98. The Morgan fingerprint density at radius 3 is 2.04 bits per heavy atom. The monoisotopic (exact) mass is 392 g/mol. The smallest absolute Gasteiger partial charge is 0.326 e. The molecule has 0 fully saturated rings. The van der Waals surface area contributed by atoms with E-state index in [1.165, 1.54) is 11.8 Å². The summed E-state index contributed by atoms with van der Waals surface area (Å²) in [5.74, 6) is -4.50. The van der Waals surface area contributed by atoms with Crippen molar-refractivity contribution in [1.82, 2.24) is 10.6 Å². The van der Waals surface area contributed by atoms with Crippen molar-refractivity contribution in [2.75, 3.05) is 12.0 Å². The zero-order chi connectivity index (χ0) is 20.3. The van der Waals surface area contributed by atoms with Gasteiger partial charge in [-0.15, -0.1) is 0 Å². The molecule has 0 heterocycles. The number of rotatable bonds is 13. The molecule has 148 valence electrons. The molecular weight excluding hydrogens is 368 g/mol. The van der Waals surface area contributed by atoms with Crippen LogP contribution in [0.4, 0.5) is 0 Å². The third kappa shape index (κ3) is 9.84. The van der Waals surface area contributed by atoms with Crippen LogP contribution in [0.25, 0.3) is 0 Å². The highest BCUT2D eigenvalue weighted by atomic mass is 32.2. The molecule has 0 aliphatic carbocycles. The Morgan fingerprint density at radius 1 is 1.00 bits per heavy atom. The summed E-state index contributed by atoms with van der Waals surface area (Å²) in [6.07, 6.45) is 0.765. The third-order valence-corrected chi connectivity index (χ3v) is 3.91. The van der Waals surface area contributed by atoms with E-state index in [0.717, 1.165) is 0 Å². The van der Waals surface area contributed by atoms with Crippen LogP contribution in [0.3, 0.4) is 0 Å². The Hall–Kier alpha value is -2.34. The number of hydrogen-bond acceptors (Lipinski definition) is 7. The van der Waals surface area contributed by atoms with Crippen molar-refractivity contribution in [2.24, 2.45) is 11.5 Å². The van der Waals surface area contributed by atoms with E-state index in [9.17, 15) is 24.0 Å². The second-order valence-corrected chi connectivity index (χ2v) is 6.44. The van der Waals surface area contributed by atoms with Crippen molar-refractivity contribution in [1.29, 1.82) is 0 Å². The van der Waals surface area contributed by atoms with E-state index in [1.807, 2.05) is 0 Å². The summed E-state index contributed by atoms with van der Waals surface area (Å²) < 4.78 is 0. The number of carboxylic acid groups (broad SMARTS) is 2. The molecule has 0 spiro atoms. The topological polar surface area (TPSA) is 202 Å². The number of amides is 3. The van der Waals surface area contributed by atoms with E-state index in [2.05, 4.69) is 10.6 Å². The fourth-order valence-electron chi connectivity index (χ4n) is 1.89. The van der Waals surface area contributed by atoms with Crippen LogP contribution in [0.1, 0.15) is 25.7 Å². The number of primary amides is 1. The number of nitrogens with one attached hydrogen (secondary N) is 2. The summed E-state index contributed by atoms with van der Waals surface area (Å²) in [5.41, 5.74) is 10.4. The summed E-state index contributed by atoms with van der Waals surface area (Å²) in [7, 11) is 0. The molecule has 0 aromatic carbocycles. The largest absolute Gasteiger partial charge is 0.481 e. The van der Waals surface area contributed by atoms with Crippen molar-refractivity contribution in [3.63, 3.8) is 0 Å². The second kappa shape index (κ2) is 12.1. The fourth-order valence-corrected chi connectivity index (χ4v) is 2.36.